The zero-order chi connectivity index (χ0) is 15.2. The molecule has 5 nitrogen and oxygen atoms in total. The molecule has 112 valence electrons. The van der Waals surface area contributed by atoms with E-state index in [1.807, 2.05) is 18.2 Å². The van der Waals surface area contributed by atoms with E-state index < -0.39 is 0 Å². The number of nitrogens with zero attached hydrogens (tertiary/aromatic N) is 2. The first-order chi connectivity index (χ1) is 10.1. The van der Waals surface area contributed by atoms with Crippen LogP contribution in [0, 0.1) is 5.92 Å². The van der Waals surface area contributed by atoms with Gasteiger partial charge in [-0.3, -0.25) is 9.78 Å². The van der Waals surface area contributed by atoms with Gasteiger partial charge in [-0.1, -0.05) is 19.9 Å². The quantitative estimate of drug-likeness (QED) is 0.858. The van der Waals surface area contributed by atoms with Gasteiger partial charge in [0.15, 0.2) is 0 Å². The molecule has 0 fully saturated rings. The largest absolute Gasteiger partial charge is 0.347 e. The Balaban J connectivity index is 2.05. The molecule has 0 aromatic carbocycles. The number of carbonyl (C=O) groups is 1. The van der Waals surface area contributed by atoms with Crippen LogP contribution in [0.1, 0.15) is 29.9 Å². The van der Waals surface area contributed by atoms with Crippen LogP contribution >= 0.6 is 11.3 Å². The summed E-state index contributed by atoms with van der Waals surface area (Å²) < 4.78 is 0. The number of nitrogens with two attached hydrogens (primary N) is 1. The summed E-state index contributed by atoms with van der Waals surface area (Å²) in [5.41, 5.74) is 6.48. The third-order valence-electron chi connectivity index (χ3n) is 2.99. The number of carbonyl (C=O) groups excluding carboxylic acids is 1. The van der Waals surface area contributed by atoms with Gasteiger partial charge in [0, 0.05) is 18.8 Å². The van der Waals surface area contributed by atoms with Crippen LogP contribution in [0.4, 0.5) is 0 Å². The minimum atomic E-state index is -0.120. The zero-order valence-electron chi connectivity index (χ0n) is 12.2. The molecule has 2 heterocycles. The molecule has 2 aromatic rings. The number of hydrogen-bond donors (Lipinski definition) is 2. The molecule has 1 unspecified atom stereocenters. The summed E-state index contributed by atoms with van der Waals surface area (Å²) in [6.07, 6.45) is 4.17. The molecule has 0 bridgehead atoms. The molecule has 0 aliphatic carbocycles. The van der Waals surface area contributed by atoms with Crippen molar-refractivity contribution in [2.75, 3.05) is 6.54 Å². The van der Waals surface area contributed by atoms with Crippen molar-refractivity contribution in [2.45, 2.75) is 26.3 Å². The standard InChI is InChI=1S/C15H20N4OS/c1-10(2)7-11(8-16)19-14(20)13-9-18-15(21-13)12-5-3-4-6-17-12/h3-6,9-11H,7-8,16H2,1-2H3,(H,19,20). The Hall–Kier alpha value is -1.79. The summed E-state index contributed by atoms with van der Waals surface area (Å²) >= 11 is 1.34. The summed E-state index contributed by atoms with van der Waals surface area (Å²) in [6.45, 7) is 4.66. The monoisotopic (exact) mass is 304 g/mol. The first kappa shape index (κ1) is 15.6. The van der Waals surface area contributed by atoms with Gasteiger partial charge in [-0.2, -0.15) is 0 Å². The van der Waals surface area contributed by atoms with Gasteiger partial charge in [-0.25, -0.2) is 4.98 Å². The predicted molar refractivity (Wildman–Crippen MR) is 85.1 cm³/mol. The van der Waals surface area contributed by atoms with Gasteiger partial charge >= 0.3 is 0 Å². The molecule has 2 rings (SSSR count). The molecule has 3 N–H and O–H groups in total. The van der Waals surface area contributed by atoms with E-state index in [9.17, 15) is 4.79 Å². The van der Waals surface area contributed by atoms with Crippen molar-refractivity contribution >= 4 is 17.2 Å². The molecular weight excluding hydrogens is 284 g/mol. The van der Waals surface area contributed by atoms with Crippen LogP contribution in [-0.4, -0.2) is 28.5 Å². The van der Waals surface area contributed by atoms with Crippen molar-refractivity contribution in [3.63, 3.8) is 0 Å². The fraction of sp³-hybridized carbons (Fsp3) is 0.400. The van der Waals surface area contributed by atoms with E-state index in [0.717, 1.165) is 17.1 Å². The summed E-state index contributed by atoms with van der Waals surface area (Å²) in [6, 6.07) is 5.62. The average molecular weight is 304 g/mol. The van der Waals surface area contributed by atoms with Crippen LogP contribution in [0.2, 0.25) is 0 Å². The minimum Gasteiger partial charge on any atom is -0.347 e. The van der Waals surface area contributed by atoms with E-state index in [-0.39, 0.29) is 11.9 Å². The van der Waals surface area contributed by atoms with E-state index in [1.165, 1.54) is 11.3 Å². The fourth-order valence-corrected chi connectivity index (χ4v) is 2.82. The molecule has 1 atom stereocenters. The Kier molecular flexibility index (Phi) is 5.41. The van der Waals surface area contributed by atoms with E-state index in [2.05, 4.69) is 29.1 Å². The van der Waals surface area contributed by atoms with Gasteiger partial charge in [0.2, 0.25) is 0 Å². The minimum absolute atomic E-state index is 0.00194. The SMILES string of the molecule is CC(C)CC(CN)NC(=O)c1cnc(-c2ccccn2)s1. The maximum Gasteiger partial charge on any atom is 0.263 e. The molecule has 0 aliphatic rings. The highest BCUT2D eigenvalue weighted by Gasteiger charge is 2.16. The molecule has 2 aromatic heterocycles. The molecule has 0 aliphatic heterocycles. The maximum atomic E-state index is 12.2. The van der Waals surface area contributed by atoms with Crippen LogP contribution in [0.25, 0.3) is 10.7 Å². The van der Waals surface area contributed by atoms with Crippen LogP contribution in [0.15, 0.2) is 30.6 Å². The Morgan fingerprint density at radius 2 is 2.19 bits per heavy atom. The number of aromatic nitrogens is 2. The number of pyridine rings is 1. The Morgan fingerprint density at radius 3 is 2.81 bits per heavy atom. The molecule has 0 saturated carbocycles. The van der Waals surface area contributed by atoms with Crippen molar-refractivity contribution < 1.29 is 4.79 Å². The van der Waals surface area contributed by atoms with Crippen molar-refractivity contribution in [3.8, 4) is 10.7 Å². The van der Waals surface area contributed by atoms with E-state index in [0.29, 0.717) is 17.3 Å². The summed E-state index contributed by atoms with van der Waals surface area (Å²) in [4.78, 5) is 21.3. The van der Waals surface area contributed by atoms with Crippen molar-refractivity contribution in [1.29, 1.82) is 0 Å². The summed E-state index contributed by atoms with van der Waals surface area (Å²) in [7, 11) is 0. The van der Waals surface area contributed by atoms with Crippen LogP contribution < -0.4 is 11.1 Å². The van der Waals surface area contributed by atoms with Gasteiger partial charge < -0.3 is 11.1 Å². The maximum absolute atomic E-state index is 12.2. The third-order valence-corrected chi connectivity index (χ3v) is 4.01. The predicted octanol–water partition coefficient (Wildman–Crippen LogP) is 2.31. The molecular formula is C15H20N4OS. The Bertz CT molecular complexity index is 582. The molecule has 1 amide bonds. The molecule has 21 heavy (non-hydrogen) atoms. The Morgan fingerprint density at radius 1 is 1.38 bits per heavy atom. The highest BCUT2D eigenvalue weighted by molar-refractivity contribution is 7.16. The van der Waals surface area contributed by atoms with Gasteiger partial charge in [-0.15, -0.1) is 11.3 Å². The molecule has 0 radical (unpaired) electrons. The third kappa shape index (κ3) is 4.34. The lowest BCUT2D eigenvalue weighted by Gasteiger charge is -2.18. The van der Waals surface area contributed by atoms with E-state index >= 15 is 0 Å². The van der Waals surface area contributed by atoms with Crippen LogP contribution in [-0.2, 0) is 0 Å². The first-order valence-corrected chi connectivity index (χ1v) is 7.80. The highest BCUT2D eigenvalue weighted by atomic mass is 32.1. The van der Waals surface area contributed by atoms with Crippen molar-refractivity contribution in [3.05, 3.63) is 35.5 Å². The van der Waals surface area contributed by atoms with Gasteiger partial charge in [0.05, 0.1) is 11.9 Å². The van der Waals surface area contributed by atoms with Crippen molar-refractivity contribution in [2.24, 2.45) is 11.7 Å². The Labute approximate surface area is 128 Å². The number of hydrogen-bond acceptors (Lipinski definition) is 5. The first-order valence-electron chi connectivity index (χ1n) is 6.98. The normalized spacial score (nSPS) is 12.4. The van der Waals surface area contributed by atoms with E-state index in [4.69, 9.17) is 5.73 Å². The summed E-state index contributed by atoms with van der Waals surface area (Å²) in [5, 5.41) is 3.71. The number of nitrogens with one attached hydrogen (secondary N) is 1. The van der Waals surface area contributed by atoms with Gasteiger partial charge in [-0.05, 0) is 24.5 Å². The van der Waals surface area contributed by atoms with E-state index in [1.54, 1.807) is 12.4 Å². The zero-order valence-corrected chi connectivity index (χ0v) is 13.1. The highest BCUT2D eigenvalue weighted by Crippen LogP contribution is 2.23. The fourth-order valence-electron chi connectivity index (χ4n) is 2.03. The lowest BCUT2D eigenvalue weighted by Crippen LogP contribution is -2.40. The number of amides is 1. The smallest absolute Gasteiger partial charge is 0.263 e. The lowest BCUT2D eigenvalue weighted by atomic mass is 10.0. The second-order valence-electron chi connectivity index (χ2n) is 5.28. The number of thiazole rings is 1. The summed E-state index contributed by atoms with van der Waals surface area (Å²) in [5.74, 6) is 0.371. The topological polar surface area (TPSA) is 80.9 Å². The van der Waals surface area contributed by atoms with Crippen molar-refractivity contribution in [1.82, 2.24) is 15.3 Å². The lowest BCUT2D eigenvalue weighted by molar-refractivity contribution is 0.0937. The second-order valence-corrected chi connectivity index (χ2v) is 6.31. The van der Waals surface area contributed by atoms with Crippen LogP contribution in [0.3, 0.4) is 0 Å². The molecule has 0 saturated heterocycles. The number of rotatable bonds is 6. The van der Waals surface area contributed by atoms with Gasteiger partial charge in [0.1, 0.15) is 9.88 Å². The molecule has 0 spiro atoms. The molecule has 6 heteroatoms. The van der Waals surface area contributed by atoms with Crippen LogP contribution in [0.5, 0.6) is 0 Å². The second kappa shape index (κ2) is 7.28. The average Bonchev–Trinajstić information content (AvgIpc) is 2.97. The van der Waals surface area contributed by atoms with Gasteiger partial charge in [0.25, 0.3) is 5.91 Å².